The van der Waals surface area contributed by atoms with Gasteiger partial charge >= 0.3 is 155 Å². The van der Waals surface area contributed by atoms with Gasteiger partial charge in [0.2, 0.25) is 0 Å². The monoisotopic (exact) mass is 526 g/mol. The summed E-state index contributed by atoms with van der Waals surface area (Å²) in [6.07, 6.45) is 0. The van der Waals surface area contributed by atoms with Gasteiger partial charge in [-0.15, -0.1) is 0 Å². The molecule has 0 aliphatic carbocycles. The van der Waals surface area contributed by atoms with E-state index in [1.165, 1.54) is 0 Å². The second kappa shape index (κ2) is 7.95. The predicted molar refractivity (Wildman–Crippen MR) is 105 cm³/mol. The summed E-state index contributed by atoms with van der Waals surface area (Å²) in [4.78, 5) is 12.7. The average Bonchev–Trinajstić information content (AvgIpc) is 2.68. The maximum absolute atomic E-state index is 12.7. The molecule has 0 unspecified atom stereocenters. The van der Waals surface area contributed by atoms with Crippen LogP contribution in [0.15, 0.2) is 91.0 Å². The summed E-state index contributed by atoms with van der Waals surface area (Å²) in [7, 11) is 0. The number of carbonyl (C=O) groups is 1. The fraction of sp³-hybridized carbons (Fsp3) is 0.136. The maximum atomic E-state index is 12.7. The number of carbonyl (C=O) groups excluding carboxylic acids is 1. The summed E-state index contributed by atoms with van der Waals surface area (Å²) >= 11 is -4.06. The second-order valence-corrected chi connectivity index (χ2v) is 19.2. The molecule has 0 N–H and O–H groups in total. The molecule has 0 aliphatic heterocycles. The van der Waals surface area contributed by atoms with Crippen molar-refractivity contribution in [2.75, 3.05) is 0 Å². The van der Waals surface area contributed by atoms with Crippen molar-refractivity contribution in [3.8, 4) is 0 Å². The quantitative estimate of drug-likeness (QED) is 0.479. The SMILES string of the molecule is CC(C)C(=O)[O][Pb]([c]1ccccc1)([c]1ccccc1)[c]1ccccc1. The molecule has 3 rings (SSSR count). The van der Waals surface area contributed by atoms with Crippen molar-refractivity contribution >= 4 is 37.0 Å². The molecule has 2 nitrogen and oxygen atoms in total. The van der Waals surface area contributed by atoms with E-state index < -0.39 is 21.6 Å². The minimum atomic E-state index is -4.06. The first kappa shape index (κ1) is 17.9. The van der Waals surface area contributed by atoms with Crippen LogP contribution in [0.25, 0.3) is 0 Å². The van der Waals surface area contributed by atoms with Gasteiger partial charge in [0.25, 0.3) is 0 Å². The summed E-state index contributed by atoms with van der Waals surface area (Å²) in [5.41, 5.74) is 0. The molecule has 0 saturated carbocycles. The molecule has 0 amide bonds. The van der Waals surface area contributed by atoms with Gasteiger partial charge in [-0.2, -0.15) is 0 Å². The molecule has 0 spiro atoms. The Bertz CT molecular complexity index is 718. The van der Waals surface area contributed by atoms with Crippen molar-refractivity contribution in [1.29, 1.82) is 0 Å². The van der Waals surface area contributed by atoms with E-state index in [-0.39, 0.29) is 11.9 Å². The van der Waals surface area contributed by atoms with Gasteiger partial charge in [-0.3, -0.25) is 0 Å². The number of hydrogen-bond donors (Lipinski definition) is 0. The van der Waals surface area contributed by atoms with Gasteiger partial charge in [0.05, 0.1) is 0 Å². The molecule has 3 aromatic rings. The average molecular weight is 526 g/mol. The van der Waals surface area contributed by atoms with E-state index in [9.17, 15) is 4.79 Å². The van der Waals surface area contributed by atoms with Crippen molar-refractivity contribution in [1.82, 2.24) is 0 Å². The van der Waals surface area contributed by atoms with Crippen LogP contribution >= 0.6 is 0 Å². The van der Waals surface area contributed by atoms with E-state index in [0.29, 0.717) is 0 Å². The first-order chi connectivity index (χ1) is 12.1. The van der Waals surface area contributed by atoms with Gasteiger partial charge in [0, 0.05) is 0 Å². The fourth-order valence-electron chi connectivity index (χ4n) is 2.96. The Morgan fingerprint density at radius 1 is 0.680 bits per heavy atom. The molecule has 0 radical (unpaired) electrons. The van der Waals surface area contributed by atoms with Crippen molar-refractivity contribution in [2.45, 2.75) is 13.8 Å². The van der Waals surface area contributed by atoms with E-state index in [1.54, 1.807) is 0 Å². The Morgan fingerprint density at radius 2 is 1.00 bits per heavy atom. The summed E-state index contributed by atoms with van der Waals surface area (Å²) in [5.74, 6) is -0.284. The standard InChI is InChI=1S/3C6H5.C4H8O2.Pb/c3*1-2-4-6-5-3-1;1-3(2)4(5)6;/h3*1-5H;3H,1-2H3,(H,5,6);/q;;;;+1/p-1. The molecule has 0 saturated heterocycles. The minimum absolute atomic E-state index is 0.127. The van der Waals surface area contributed by atoms with Crippen molar-refractivity contribution in [3.05, 3.63) is 91.0 Å². The molecule has 0 bridgehead atoms. The zero-order valence-corrected chi connectivity index (χ0v) is 18.4. The van der Waals surface area contributed by atoms with E-state index in [1.807, 2.05) is 68.4 Å². The van der Waals surface area contributed by atoms with Crippen molar-refractivity contribution in [3.63, 3.8) is 0 Å². The van der Waals surface area contributed by atoms with Gasteiger partial charge in [-0.25, -0.2) is 0 Å². The van der Waals surface area contributed by atoms with Crippen molar-refractivity contribution in [2.24, 2.45) is 5.92 Å². The van der Waals surface area contributed by atoms with Crippen LogP contribution in [-0.2, 0) is 7.48 Å². The summed E-state index contributed by atoms with van der Waals surface area (Å²) < 4.78 is 9.90. The Labute approximate surface area is 154 Å². The van der Waals surface area contributed by atoms with Gasteiger partial charge in [0.15, 0.2) is 0 Å². The molecule has 0 aliphatic rings. The van der Waals surface area contributed by atoms with Gasteiger partial charge in [-0.05, 0) is 0 Å². The van der Waals surface area contributed by atoms with Crippen LogP contribution in [0, 0.1) is 5.92 Å². The van der Waals surface area contributed by atoms with E-state index >= 15 is 0 Å². The predicted octanol–water partition coefficient (Wildman–Crippen LogP) is 2.85. The number of hydrogen-bond acceptors (Lipinski definition) is 2. The Kier molecular flexibility index (Phi) is 5.68. The molecule has 25 heavy (non-hydrogen) atoms. The van der Waals surface area contributed by atoms with Crippen LogP contribution < -0.4 is 9.37 Å². The fourth-order valence-corrected chi connectivity index (χ4v) is 18.0. The number of benzene rings is 3. The molecular formula is C22H22O2Pb. The van der Waals surface area contributed by atoms with E-state index in [0.717, 1.165) is 9.37 Å². The molecule has 0 heterocycles. The van der Waals surface area contributed by atoms with Crippen LogP contribution in [0.4, 0.5) is 0 Å². The van der Waals surface area contributed by atoms with Gasteiger partial charge in [0.1, 0.15) is 0 Å². The summed E-state index contributed by atoms with van der Waals surface area (Å²) in [5, 5.41) is 0. The second-order valence-electron chi connectivity index (χ2n) is 6.36. The van der Waals surface area contributed by atoms with Gasteiger partial charge in [-0.1, -0.05) is 0 Å². The first-order valence-electron chi connectivity index (χ1n) is 8.54. The molecule has 3 heteroatoms. The van der Waals surface area contributed by atoms with Crippen LogP contribution in [0.2, 0.25) is 0 Å². The van der Waals surface area contributed by atoms with E-state index in [4.69, 9.17) is 2.69 Å². The van der Waals surface area contributed by atoms with Crippen LogP contribution in [0.3, 0.4) is 0 Å². The van der Waals surface area contributed by atoms with Crippen LogP contribution in [0.1, 0.15) is 13.8 Å². The summed E-state index contributed by atoms with van der Waals surface area (Å²) in [6, 6.07) is 30.8. The molecule has 126 valence electrons. The van der Waals surface area contributed by atoms with E-state index in [2.05, 4.69) is 36.4 Å². The zero-order chi connectivity index (χ0) is 17.7. The third-order valence-electron chi connectivity index (χ3n) is 4.27. The number of rotatable bonds is 5. The molecule has 3 aromatic carbocycles. The first-order valence-corrected chi connectivity index (χ1v) is 16.0. The van der Waals surface area contributed by atoms with Crippen LogP contribution in [-0.4, -0.2) is 27.6 Å². The Balaban J connectivity index is 2.29. The Hall–Kier alpha value is -1.95. The zero-order valence-electron chi connectivity index (χ0n) is 14.6. The third kappa shape index (κ3) is 3.69. The molecule has 0 atom stereocenters. The Morgan fingerprint density at radius 3 is 1.28 bits per heavy atom. The molecular weight excluding hydrogens is 503 g/mol. The van der Waals surface area contributed by atoms with Gasteiger partial charge < -0.3 is 0 Å². The molecule has 0 aromatic heterocycles. The topological polar surface area (TPSA) is 26.3 Å². The summed E-state index contributed by atoms with van der Waals surface area (Å²) in [6.45, 7) is 3.78. The normalized spacial score (nSPS) is 11.3. The molecule has 0 fully saturated rings. The third-order valence-corrected chi connectivity index (χ3v) is 19.6. The van der Waals surface area contributed by atoms with Crippen molar-refractivity contribution < 1.29 is 7.48 Å². The van der Waals surface area contributed by atoms with Crippen LogP contribution in [0.5, 0.6) is 0 Å².